The van der Waals surface area contributed by atoms with E-state index in [0.717, 1.165) is 16.8 Å². The molecule has 2 aromatic rings. The normalized spacial score (nSPS) is 11.4. The highest BCUT2D eigenvalue weighted by atomic mass is 16.5. The Kier molecular flexibility index (Phi) is 4.78. The molecule has 0 spiro atoms. The van der Waals surface area contributed by atoms with Crippen LogP contribution in [0.3, 0.4) is 0 Å². The number of carbonyl (C=O) groups excluding carboxylic acids is 1. The number of benzene rings is 1. The largest absolute Gasteiger partial charge is 0.484 e. The zero-order valence-electron chi connectivity index (χ0n) is 14.6. The van der Waals surface area contributed by atoms with Crippen molar-refractivity contribution in [1.29, 1.82) is 0 Å². The summed E-state index contributed by atoms with van der Waals surface area (Å²) in [5, 5.41) is 6.92. The maximum absolute atomic E-state index is 12.2. The molecule has 1 amide bonds. The number of hydrogen-bond acceptors (Lipinski definition) is 4. The Labute approximate surface area is 137 Å². The molecule has 0 unspecified atom stereocenters. The van der Waals surface area contributed by atoms with Gasteiger partial charge in [0.1, 0.15) is 11.5 Å². The molecule has 0 aliphatic rings. The quantitative estimate of drug-likeness (QED) is 0.919. The highest BCUT2D eigenvalue weighted by Gasteiger charge is 2.29. The van der Waals surface area contributed by atoms with Crippen LogP contribution in [0.25, 0.3) is 0 Å². The molecule has 0 fully saturated rings. The third-order valence-corrected chi connectivity index (χ3v) is 3.96. The van der Waals surface area contributed by atoms with Crippen LogP contribution >= 0.6 is 0 Å². The van der Waals surface area contributed by atoms with E-state index in [0.29, 0.717) is 11.5 Å². The summed E-state index contributed by atoms with van der Waals surface area (Å²) < 4.78 is 10.8. The molecule has 1 heterocycles. The number of amides is 1. The molecule has 0 atom stereocenters. The predicted molar refractivity (Wildman–Crippen MR) is 88.6 cm³/mol. The van der Waals surface area contributed by atoms with E-state index in [-0.39, 0.29) is 12.5 Å². The number of hydrogen-bond donors (Lipinski definition) is 1. The van der Waals surface area contributed by atoms with Crippen LogP contribution in [0.4, 0.5) is 0 Å². The van der Waals surface area contributed by atoms with Crippen LogP contribution in [-0.2, 0) is 10.3 Å². The van der Waals surface area contributed by atoms with Crippen LogP contribution in [0.2, 0.25) is 0 Å². The van der Waals surface area contributed by atoms with Gasteiger partial charge in [-0.3, -0.25) is 4.79 Å². The van der Waals surface area contributed by atoms with Crippen molar-refractivity contribution >= 4 is 5.91 Å². The third-order valence-electron chi connectivity index (χ3n) is 3.96. The summed E-state index contributed by atoms with van der Waals surface area (Å²) in [6, 6.07) is 5.79. The van der Waals surface area contributed by atoms with Crippen molar-refractivity contribution in [2.45, 2.75) is 47.1 Å². The summed E-state index contributed by atoms with van der Waals surface area (Å²) in [7, 11) is 0. The Hall–Kier alpha value is -2.30. The Morgan fingerprint density at radius 1 is 1.22 bits per heavy atom. The Morgan fingerprint density at radius 2 is 1.91 bits per heavy atom. The van der Waals surface area contributed by atoms with Crippen LogP contribution in [-0.4, -0.2) is 17.7 Å². The fourth-order valence-electron chi connectivity index (χ4n) is 2.78. The first-order chi connectivity index (χ1) is 10.7. The minimum Gasteiger partial charge on any atom is -0.484 e. The van der Waals surface area contributed by atoms with Gasteiger partial charge >= 0.3 is 0 Å². The molecule has 0 radical (unpaired) electrons. The summed E-state index contributed by atoms with van der Waals surface area (Å²) in [4.78, 5) is 12.2. The highest BCUT2D eigenvalue weighted by Crippen LogP contribution is 2.26. The second-order valence-corrected chi connectivity index (χ2v) is 6.41. The maximum Gasteiger partial charge on any atom is 0.258 e. The lowest BCUT2D eigenvalue weighted by atomic mass is 9.92. The van der Waals surface area contributed by atoms with Gasteiger partial charge in [0.05, 0.1) is 11.2 Å². The van der Waals surface area contributed by atoms with Gasteiger partial charge in [-0.25, -0.2) is 0 Å². The molecular formula is C18H24N2O3. The van der Waals surface area contributed by atoms with Crippen LogP contribution in [0.15, 0.2) is 22.7 Å². The molecule has 0 aliphatic heterocycles. The number of aromatic nitrogens is 1. The minimum absolute atomic E-state index is 0.0324. The Morgan fingerprint density at radius 3 is 2.48 bits per heavy atom. The number of aryl methyl sites for hydroxylation is 4. The summed E-state index contributed by atoms with van der Waals surface area (Å²) in [5.41, 5.74) is 3.44. The summed E-state index contributed by atoms with van der Waals surface area (Å²) in [6.07, 6.45) is 0. The average molecular weight is 316 g/mol. The van der Waals surface area contributed by atoms with Crippen molar-refractivity contribution < 1.29 is 14.1 Å². The molecule has 124 valence electrons. The fraction of sp³-hybridized carbons (Fsp3) is 0.444. The van der Waals surface area contributed by atoms with E-state index in [1.54, 1.807) is 0 Å². The molecule has 1 aromatic carbocycles. The third kappa shape index (κ3) is 3.92. The molecular weight excluding hydrogens is 292 g/mol. The van der Waals surface area contributed by atoms with E-state index >= 15 is 0 Å². The van der Waals surface area contributed by atoms with Gasteiger partial charge in [0.15, 0.2) is 6.61 Å². The zero-order valence-corrected chi connectivity index (χ0v) is 14.6. The van der Waals surface area contributed by atoms with Gasteiger partial charge < -0.3 is 14.6 Å². The molecule has 0 bridgehead atoms. The van der Waals surface area contributed by atoms with E-state index in [1.165, 1.54) is 5.56 Å². The van der Waals surface area contributed by atoms with Gasteiger partial charge in [0.25, 0.3) is 5.91 Å². The first kappa shape index (κ1) is 17.1. The van der Waals surface area contributed by atoms with Gasteiger partial charge in [-0.1, -0.05) is 11.2 Å². The first-order valence-electron chi connectivity index (χ1n) is 7.65. The van der Waals surface area contributed by atoms with Crippen molar-refractivity contribution in [1.82, 2.24) is 10.5 Å². The van der Waals surface area contributed by atoms with Crippen molar-refractivity contribution in [3.05, 3.63) is 46.3 Å². The van der Waals surface area contributed by atoms with E-state index in [4.69, 9.17) is 9.26 Å². The van der Waals surface area contributed by atoms with Crippen LogP contribution in [0.1, 0.15) is 42.0 Å². The fourth-order valence-corrected chi connectivity index (χ4v) is 2.78. The van der Waals surface area contributed by atoms with E-state index in [9.17, 15) is 4.79 Å². The molecule has 1 N–H and O–H groups in total. The van der Waals surface area contributed by atoms with Gasteiger partial charge in [-0.2, -0.15) is 0 Å². The molecule has 5 nitrogen and oxygen atoms in total. The number of nitrogens with zero attached hydrogens (tertiary/aromatic N) is 1. The van der Waals surface area contributed by atoms with E-state index in [2.05, 4.69) is 10.5 Å². The molecule has 0 saturated carbocycles. The van der Waals surface area contributed by atoms with Crippen molar-refractivity contribution in [3.63, 3.8) is 0 Å². The van der Waals surface area contributed by atoms with Crippen molar-refractivity contribution in [3.8, 4) is 5.75 Å². The lowest BCUT2D eigenvalue weighted by Gasteiger charge is -2.26. The molecule has 5 heteroatoms. The molecule has 23 heavy (non-hydrogen) atoms. The smallest absolute Gasteiger partial charge is 0.258 e. The minimum atomic E-state index is -0.572. The lowest BCUT2D eigenvalue weighted by molar-refractivity contribution is -0.124. The lowest BCUT2D eigenvalue weighted by Crippen LogP contribution is -2.43. The van der Waals surface area contributed by atoms with Crippen LogP contribution < -0.4 is 10.1 Å². The molecule has 0 aliphatic carbocycles. The second-order valence-electron chi connectivity index (χ2n) is 6.41. The number of rotatable bonds is 5. The summed E-state index contributed by atoms with van der Waals surface area (Å²) in [5.74, 6) is 1.22. The van der Waals surface area contributed by atoms with Gasteiger partial charge in [-0.15, -0.1) is 0 Å². The zero-order chi connectivity index (χ0) is 17.2. The Balaban J connectivity index is 2.00. The van der Waals surface area contributed by atoms with E-state index in [1.807, 2.05) is 59.7 Å². The first-order valence-corrected chi connectivity index (χ1v) is 7.65. The molecule has 0 saturated heterocycles. The second kappa shape index (κ2) is 6.44. The standard InChI is InChI=1S/C18H24N2O3/c1-11-7-8-15(9-12(11)2)22-10-16(21)19-18(5,6)17-13(3)20-23-14(17)4/h7-9H,10H2,1-6H3,(H,19,21). The number of carbonyl (C=O) groups is 1. The van der Waals surface area contributed by atoms with Gasteiger partial charge in [0, 0.05) is 5.56 Å². The van der Waals surface area contributed by atoms with E-state index < -0.39 is 5.54 Å². The number of ether oxygens (including phenoxy) is 1. The topological polar surface area (TPSA) is 64.4 Å². The number of nitrogens with one attached hydrogen (secondary N) is 1. The van der Waals surface area contributed by atoms with Crippen LogP contribution in [0, 0.1) is 27.7 Å². The summed E-state index contributed by atoms with van der Waals surface area (Å²) in [6.45, 7) is 11.6. The van der Waals surface area contributed by atoms with Gasteiger partial charge in [-0.05, 0) is 64.8 Å². The maximum atomic E-state index is 12.2. The molecule has 1 aromatic heterocycles. The Bertz CT molecular complexity index is 698. The summed E-state index contributed by atoms with van der Waals surface area (Å²) >= 11 is 0. The molecule has 2 rings (SSSR count). The SMILES string of the molecule is Cc1ccc(OCC(=O)NC(C)(C)c2c(C)noc2C)cc1C. The van der Waals surface area contributed by atoms with Gasteiger partial charge in [0.2, 0.25) is 0 Å². The predicted octanol–water partition coefficient (Wildman–Crippen LogP) is 3.34. The monoisotopic (exact) mass is 316 g/mol. The average Bonchev–Trinajstić information content (AvgIpc) is 2.79. The van der Waals surface area contributed by atoms with Crippen LogP contribution in [0.5, 0.6) is 5.75 Å². The van der Waals surface area contributed by atoms with Crippen molar-refractivity contribution in [2.75, 3.05) is 6.61 Å². The van der Waals surface area contributed by atoms with Crippen molar-refractivity contribution in [2.24, 2.45) is 0 Å². The highest BCUT2D eigenvalue weighted by molar-refractivity contribution is 5.78.